The van der Waals surface area contributed by atoms with Gasteiger partial charge in [-0.05, 0) is 49.2 Å². The van der Waals surface area contributed by atoms with E-state index in [1.54, 1.807) is 33.0 Å². The fraction of sp³-hybridized carbons (Fsp3) is 0.273. The summed E-state index contributed by atoms with van der Waals surface area (Å²) in [6.45, 7) is 3.13. The quantitative estimate of drug-likeness (QED) is 0.540. The third-order valence-corrected chi connectivity index (χ3v) is 6.13. The van der Waals surface area contributed by atoms with Crippen LogP contribution in [0, 0.1) is 11.3 Å². The fourth-order valence-corrected chi connectivity index (χ4v) is 3.73. The zero-order valence-electron chi connectivity index (χ0n) is 16.5. The highest BCUT2D eigenvalue weighted by molar-refractivity contribution is 8.00. The van der Waals surface area contributed by atoms with E-state index >= 15 is 0 Å². The van der Waals surface area contributed by atoms with Crippen molar-refractivity contribution in [3.63, 3.8) is 0 Å². The number of carbonyl (C=O) groups excluding carboxylic acids is 3. The summed E-state index contributed by atoms with van der Waals surface area (Å²) in [5.74, 6) is -0.355. The number of benzene rings is 2. The molecule has 2 aromatic carbocycles. The molecule has 1 fully saturated rings. The zero-order valence-corrected chi connectivity index (χ0v) is 17.3. The van der Waals surface area contributed by atoms with Gasteiger partial charge in [0.2, 0.25) is 0 Å². The second kappa shape index (κ2) is 8.10. The number of Topliss-reactive ketones (excluding diaryl/α,β-unsaturated/α-hetero) is 1. The van der Waals surface area contributed by atoms with Crippen molar-refractivity contribution in [2.45, 2.75) is 24.3 Å². The van der Waals surface area contributed by atoms with Crippen molar-refractivity contribution in [1.29, 1.82) is 5.26 Å². The van der Waals surface area contributed by atoms with Crippen molar-refractivity contribution >= 4 is 29.5 Å². The molecule has 1 saturated heterocycles. The van der Waals surface area contributed by atoms with Gasteiger partial charge in [0, 0.05) is 11.9 Å². The van der Waals surface area contributed by atoms with Gasteiger partial charge in [0.05, 0.1) is 23.9 Å². The Hall–Kier alpha value is -3.11. The summed E-state index contributed by atoms with van der Waals surface area (Å²) < 4.78 is 0. The number of hydrogen-bond donors (Lipinski definition) is 0. The van der Waals surface area contributed by atoms with E-state index in [2.05, 4.69) is 6.07 Å². The summed E-state index contributed by atoms with van der Waals surface area (Å²) in [5.41, 5.74) is 1.72. The van der Waals surface area contributed by atoms with Crippen LogP contribution in [0.4, 0.5) is 4.79 Å². The van der Waals surface area contributed by atoms with Gasteiger partial charge < -0.3 is 4.90 Å². The maximum atomic E-state index is 12.4. The van der Waals surface area contributed by atoms with E-state index in [-0.39, 0.29) is 24.0 Å². The van der Waals surface area contributed by atoms with Crippen LogP contribution in [-0.2, 0) is 9.59 Å². The monoisotopic (exact) mass is 407 g/mol. The molecular formula is C22H21N3O3S. The number of urea groups is 1. The van der Waals surface area contributed by atoms with Crippen molar-refractivity contribution < 1.29 is 14.4 Å². The number of hydrogen-bond acceptors (Lipinski definition) is 5. The minimum Gasteiger partial charge on any atom is -0.313 e. The Morgan fingerprint density at radius 2 is 1.59 bits per heavy atom. The highest BCUT2D eigenvalue weighted by atomic mass is 32.2. The number of rotatable bonds is 6. The lowest BCUT2D eigenvalue weighted by molar-refractivity contribution is -0.134. The van der Waals surface area contributed by atoms with E-state index in [9.17, 15) is 14.4 Å². The second-order valence-electron chi connectivity index (χ2n) is 7.33. The molecule has 0 bridgehead atoms. The molecular weight excluding hydrogens is 386 g/mol. The lowest BCUT2D eigenvalue weighted by Gasteiger charge is -2.22. The number of carbonyl (C=O) groups is 3. The molecule has 7 heteroatoms. The van der Waals surface area contributed by atoms with Gasteiger partial charge >= 0.3 is 6.03 Å². The third-order valence-electron chi connectivity index (χ3n) is 5.06. The summed E-state index contributed by atoms with van der Waals surface area (Å²) in [6, 6.07) is 16.8. The Morgan fingerprint density at radius 3 is 2.07 bits per heavy atom. The van der Waals surface area contributed by atoms with Gasteiger partial charge in [0.15, 0.2) is 5.78 Å². The van der Waals surface area contributed by atoms with Crippen LogP contribution >= 0.6 is 11.8 Å². The summed E-state index contributed by atoms with van der Waals surface area (Å²) in [7, 11) is 1.56. The number of ketones is 1. The molecule has 1 heterocycles. The first-order valence-corrected chi connectivity index (χ1v) is 10.1. The molecule has 0 saturated carbocycles. The molecule has 148 valence electrons. The normalized spacial score (nSPS) is 15.5. The van der Waals surface area contributed by atoms with Crippen LogP contribution in [0.3, 0.4) is 0 Å². The van der Waals surface area contributed by atoms with Gasteiger partial charge in [0.25, 0.3) is 5.91 Å². The summed E-state index contributed by atoms with van der Waals surface area (Å²) in [4.78, 5) is 40.2. The maximum absolute atomic E-state index is 12.4. The molecule has 2 aromatic rings. The predicted octanol–water partition coefficient (Wildman–Crippen LogP) is 3.56. The number of amides is 3. The molecule has 0 spiro atoms. The van der Waals surface area contributed by atoms with Crippen LogP contribution in [0.5, 0.6) is 0 Å². The molecule has 1 aliphatic rings. The fourth-order valence-electron chi connectivity index (χ4n) is 2.99. The molecule has 0 radical (unpaired) electrons. The van der Waals surface area contributed by atoms with Gasteiger partial charge in [-0.3, -0.25) is 14.5 Å². The summed E-state index contributed by atoms with van der Waals surface area (Å²) in [6.07, 6.45) is 0. The van der Waals surface area contributed by atoms with Gasteiger partial charge in [-0.25, -0.2) is 4.79 Å². The minimum atomic E-state index is -0.925. The van der Waals surface area contributed by atoms with Gasteiger partial charge in [-0.1, -0.05) is 24.3 Å². The summed E-state index contributed by atoms with van der Waals surface area (Å²) >= 11 is 1.37. The largest absolute Gasteiger partial charge is 0.327 e. The van der Waals surface area contributed by atoms with Crippen LogP contribution in [-0.4, -0.2) is 52.4 Å². The highest BCUT2D eigenvalue weighted by Crippen LogP contribution is 2.27. The van der Waals surface area contributed by atoms with E-state index < -0.39 is 11.6 Å². The van der Waals surface area contributed by atoms with Crippen molar-refractivity contribution in [3.05, 3.63) is 54.1 Å². The van der Waals surface area contributed by atoms with Crippen LogP contribution in [0.1, 0.15) is 19.4 Å². The molecule has 0 aromatic heterocycles. The molecule has 0 atom stereocenters. The van der Waals surface area contributed by atoms with Gasteiger partial charge in [0.1, 0.15) is 5.54 Å². The Balaban J connectivity index is 1.57. The Labute approximate surface area is 174 Å². The molecule has 1 aliphatic heterocycles. The smallest absolute Gasteiger partial charge is 0.313 e. The Morgan fingerprint density at radius 1 is 1.03 bits per heavy atom. The van der Waals surface area contributed by atoms with Crippen molar-refractivity contribution in [3.8, 4) is 17.2 Å². The minimum absolute atomic E-state index is 0.178. The van der Waals surface area contributed by atoms with Crippen LogP contribution < -0.4 is 0 Å². The Bertz CT molecular complexity index is 991. The molecule has 0 N–H and O–H groups in total. The van der Waals surface area contributed by atoms with Crippen molar-refractivity contribution in [2.24, 2.45) is 0 Å². The number of likely N-dealkylation sites (N-methyl/N-ethyl adjacent to an activating group) is 1. The SMILES string of the molecule is CN1C(=O)N(CC(=O)CSc2ccc(-c3ccc(C#N)cc3)cc2)C(=O)C1(C)C. The van der Waals surface area contributed by atoms with E-state index in [0.717, 1.165) is 20.9 Å². The highest BCUT2D eigenvalue weighted by Gasteiger charge is 2.49. The third kappa shape index (κ3) is 4.17. The molecule has 0 unspecified atom stereocenters. The van der Waals surface area contributed by atoms with E-state index in [0.29, 0.717) is 5.56 Å². The first-order chi connectivity index (χ1) is 13.7. The topological polar surface area (TPSA) is 81.5 Å². The average Bonchev–Trinajstić information content (AvgIpc) is 2.87. The van der Waals surface area contributed by atoms with Crippen LogP contribution in [0.2, 0.25) is 0 Å². The van der Waals surface area contributed by atoms with Crippen LogP contribution in [0.25, 0.3) is 11.1 Å². The first kappa shape index (κ1) is 20.6. The molecule has 0 aliphatic carbocycles. The lowest BCUT2D eigenvalue weighted by Crippen LogP contribution is -2.42. The van der Waals surface area contributed by atoms with E-state index in [1.807, 2.05) is 36.4 Å². The van der Waals surface area contributed by atoms with E-state index in [4.69, 9.17) is 5.26 Å². The van der Waals surface area contributed by atoms with Crippen molar-refractivity contribution in [2.75, 3.05) is 19.3 Å². The predicted molar refractivity (Wildman–Crippen MR) is 111 cm³/mol. The van der Waals surface area contributed by atoms with Gasteiger partial charge in [-0.2, -0.15) is 5.26 Å². The second-order valence-corrected chi connectivity index (χ2v) is 8.38. The van der Waals surface area contributed by atoms with E-state index in [1.165, 1.54) is 16.7 Å². The zero-order chi connectivity index (χ0) is 21.2. The lowest BCUT2D eigenvalue weighted by atomic mass is 10.0. The number of imide groups is 1. The molecule has 6 nitrogen and oxygen atoms in total. The summed E-state index contributed by atoms with van der Waals surface area (Å²) in [5, 5.41) is 8.87. The Kier molecular flexibility index (Phi) is 5.76. The number of nitriles is 1. The standard InChI is InChI=1S/C22H21N3O3S/c1-22(2)20(27)25(21(28)24(22)3)13-18(26)14-29-19-10-8-17(9-11-19)16-6-4-15(12-23)5-7-16/h4-11H,13-14H2,1-3H3. The maximum Gasteiger partial charge on any atom is 0.327 e. The van der Waals surface area contributed by atoms with Crippen molar-refractivity contribution in [1.82, 2.24) is 9.80 Å². The molecule has 3 amide bonds. The van der Waals surface area contributed by atoms with Gasteiger partial charge in [-0.15, -0.1) is 11.8 Å². The molecule has 29 heavy (non-hydrogen) atoms. The number of nitrogens with zero attached hydrogens (tertiary/aromatic N) is 3. The van der Waals surface area contributed by atoms with Crippen LogP contribution in [0.15, 0.2) is 53.4 Å². The average molecular weight is 407 g/mol. The molecule has 3 rings (SSSR count). The number of thioether (sulfide) groups is 1. The first-order valence-electron chi connectivity index (χ1n) is 9.09.